The van der Waals surface area contributed by atoms with E-state index in [2.05, 4.69) is 21.1 Å². The second-order valence-electron chi connectivity index (χ2n) is 6.58. The third-order valence-corrected chi connectivity index (χ3v) is 4.95. The molecule has 4 rings (SSSR count). The number of rotatable bonds is 4. The Morgan fingerprint density at radius 1 is 1.21 bits per heavy atom. The molecule has 28 heavy (non-hydrogen) atoms. The number of aryl methyl sites for hydroxylation is 1. The molecule has 1 aromatic carbocycles. The Labute approximate surface area is 167 Å². The van der Waals surface area contributed by atoms with Crippen molar-refractivity contribution in [1.82, 2.24) is 19.7 Å². The number of nitriles is 1. The van der Waals surface area contributed by atoms with Crippen molar-refractivity contribution >= 4 is 22.5 Å². The molecule has 0 radical (unpaired) electrons. The van der Waals surface area contributed by atoms with Gasteiger partial charge in [-0.25, -0.2) is 9.67 Å². The van der Waals surface area contributed by atoms with Gasteiger partial charge in [0.1, 0.15) is 11.8 Å². The summed E-state index contributed by atoms with van der Waals surface area (Å²) in [5.74, 6) is 0. The molecule has 0 fully saturated rings. The van der Waals surface area contributed by atoms with E-state index in [0.717, 1.165) is 33.4 Å². The van der Waals surface area contributed by atoms with E-state index in [1.807, 2.05) is 41.9 Å². The van der Waals surface area contributed by atoms with Crippen molar-refractivity contribution in [2.24, 2.45) is 5.73 Å². The van der Waals surface area contributed by atoms with Gasteiger partial charge in [0, 0.05) is 46.5 Å². The molecular weight excluding hydrogens is 372 g/mol. The second kappa shape index (κ2) is 7.39. The number of benzene rings is 1. The monoisotopic (exact) mass is 388 g/mol. The van der Waals surface area contributed by atoms with E-state index in [-0.39, 0.29) is 6.04 Å². The molecule has 0 aliphatic heterocycles. The van der Waals surface area contributed by atoms with Crippen LogP contribution in [0.4, 0.5) is 0 Å². The predicted octanol–water partition coefficient (Wildman–Crippen LogP) is 3.89. The highest BCUT2D eigenvalue weighted by Gasteiger charge is 2.17. The molecule has 7 heteroatoms. The van der Waals surface area contributed by atoms with Crippen LogP contribution in [0.5, 0.6) is 0 Å². The van der Waals surface area contributed by atoms with Crippen LogP contribution < -0.4 is 5.73 Å². The number of halogens is 1. The van der Waals surface area contributed by atoms with Crippen LogP contribution in [-0.4, -0.2) is 19.7 Å². The SMILES string of the molecule is Cc1ccc(C#N)nc1C[C@H](N)c1cnccc1-n1ncc2cc(Cl)ccc21. The van der Waals surface area contributed by atoms with Crippen molar-refractivity contribution in [3.05, 3.63) is 82.5 Å². The lowest BCUT2D eigenvalue weighted by Crippen LogP contribution is -2.18. The Morgan fingerprint density at radius 3 is 2.89 bits per heavy atom. The van der Waals surface area contributed by atoms with Crippen molar-refractivity contribution in [2.45, 2.75) is 19.4 Å². The topological polar surface area (TPSA) is 93.4 Å². The van der Waals surface area contributed by atoms with Crippen molar-refractivity contribution in [3.63, 3.8) is 0 Å². The minimum Gasteiger partial charge on any atom is -0.324 e. The van der Waals surface area contributed by atoms with Crippen LogP contribution in [0.15, 0.2) is 55.0 Å². The molecule has 0 aliphatic rings. The fraction of sp³-hybridized carbons (Fsp3) is 0.143. The average Bonchev–Trinajstić information content (AvgIpc) is 3.12. The highest BCUT2D eigenvalue weighted by Crippen LogP contribution is 2.27. The lowest BCUT2D eigenvalue weighted by Gasteiger charge is -2.17. The van der Waals surface area contributed by atoms with Crippen LogP contribution in [0.2, 0.25) is 5.02 Å². The number of nitrogens with two attached hydrogens (primary N) is 1. The number of nitrogens with zero attached hydrogens (tertiary/aromatic N) is 5. The van der Waals surface area contributed by atoms with Gasteiger partial charge in [0.15, 0.2) is 0 Å². The molecule has 3 heterocycles. The van der Waals surface area contributed by atoms with Crippen LogP contribution in [0.3, 0.4) is 0 Å². The fourth-order valence-corrected chi connectivity index (χ4v) is 3.41. The first-order chi connectivity index (χ1) is 13.6. The van der Waals surface area contributed by atoms with E-state index in [4.69, 9.17) is 22.6 Å². The van der Waals surface area contributed by atoms with Crippen LogP contribution in [0.25, 0.3) is 16.6 Å². The molecule has 0 saturated carbocycles. The van der Waals surface area contributed by atoms with Gasteiger partial charge < -0.3 is 5.73 Å². The maximum atomic E-state index is 9.12. The van der Waals surface area contributed by atoms with Crippen molar-refractivity contribution in [3.8, 4) is 11.8 Å². The molecule has 3 aromatic heterocycles. The van der Waals surface area contributed by atoms with E-state index >= 15 is 0 Å². The van der Waals surface area contributed by atoms with Gasteiger partial charge in [0.2, 0.25) is 0 Å². The summed E-state index contributed by atoms with van der Waals surface area (Å²) in [6.07, 6.45) is 5.74. The number of hydrogen-bond acceptors (Lipinski definition) is 5. The van der Waals surface area contributed by atoms with E-state index in [1.165, 1.54) is 0 Å². The molecule has 0 spiro atoms. The van der Waals surface area contributed by atoms with E-state index < -0.39 is 0 Å². The Kier molecular flexibility index (Phi) is 4.78. The maximum absolute atomic E-state index is 9.12. The minimum absolute atomic E-state index is 0.351. The highest BCUT2D eigenvalue weighted by molar-refractivity contribution is 6.31. The summed E-state index contributed by atoms with van der Waals surface area (Å²) in [5.41, 5.74) is 11.4. The quantitative estimate of drug-likeness (QED) is 0.572. The molecule has 1 atom stereocenters. The molecular formula is C21H17ClN6. The van der Waals surface area contributed by atoms with E-state index in [1.54, 1.807) is 24.7 Å². The molecule has 0 saturated heterocycles. The summed E-state index contributed by atoms with van der Waals surface area (Å²) in [7, 11) is 0. The zero-order chi connectivity index (χ0) is 19.7. The highest BCUT2D eigenvalue weighted by atomic mass is 35.5. The standard InChI is InChI=1S/C21H17ClN6/c1-13-2-4-16(10-23)27-19(13)9-18(24)17-12-25-7-6-21(17)28-20-5-3-15(22)8-14(20)11-26-28/h2-8,11-12,18H,9,24H2,1H3/t18-/m0/s1. The number of pyridine rings is 2. The normalized spacial score (nSPS) is 12.1. The van der Waals surface area contributed by atoms with Gasteiger partial charge in [0.05, 0.1) is 17.4 Å². The van der Waals surface area contributed by atoms with Gasteiger partial charge in [0.25, 0.3) is 0 Å². The third kappa shape index (κ3) is 3.33. The smallest absolute Gasteiger partial charge is 0.140 e. The summed E-state index contributed by atoms with van der Waals surface area (Å²) >= 11 is 6.09. The number of fused-ring (bicyclic) bond motifs is 1. The van der Waals surface area contributed by atoms with Gasteiger partial charge in [-0.3, -0.25) is 4.98 Å². The second-order valence-corrected chi connectivity index (χ2v) is 7.01. The molecule has 0 aliphatic carbocycles. The Morgan fingerprint density at radius 2 is 2.07 bits per heavy atom. The van der Waals surface area contributed by atoms with Gasteiger partial charge in [-0.05, 0) is 42.8 Å². The van der Waals surface area contributed by atoms with Crippen molar-refractivity contribution in [1.29, 1.82) is 5.26 Å². The summed E-state index contributed by atoms with van der Waals surface area (Å²) in [6, 6.07) is 12.9. The molecule has 0 bridgehead atoms. The first-order valence-corrected chi connectivity index (χ1v) is 9.14. The van der Waals surface area contributed by atoms with Gasteiger partial charge in [-0.2, -0.15) is 10.4 Å². The zero-order valence-electron chi connectivity index (χ0n) is 15.2. The Hall–Kier alpha value is -3.27. The summed E-state index contributed by atoms with van der Waals surface area (Å²) in [6.45, 7) is 1.96. The molecule has 0 amide bonds. The van der Waals surface area contributed by atoms with E-state index in [0.29, 0.717) is 17.1 Å². The predicted molar refractivity (Wildman–Crippen MR) is 108 cm³/mol. The van der Waals surface area contributed by atoms with Crippen molar-refractivity contribution < 1.29 is 0 Å². The van der Waals surface area contributed by atoms with Crippen LogP contribution in [-0.2, 0) is 6.42 Å². The zero-order valence-corrected chi connectivity index (χ0v) is 15.9. The first kappa shape index (κ1) is 18.1. The summed E-state index contributed by atoms with van der Waals surface area (Å²) in [5, 5.41) is 15.2. The van der Waals surface area contributed by atoms with Crippen LogP contribution >= 0.6 is 11.6 Å². The van der Waals surface area contributed by atoms with Gasteiger partial charge >= 0.3 is 0 Å². The number of hydrogen-bond donors (Lipinski definition) is 1. The largest absolute Gasteiger partial charge is 0.324 e. The lowest BCUT2D eigenvalue weighted by molar-refractivity contribution is 0.688. The fourth-order valence-electron chi connectivity index (χ4n) is 3.23. The van der Waals surface area contributed by atoms with Crippen molar-refractivity contribution in [2.75, 3.05) is 0 Å². The lowest BCUT2D eigenvalue weighted by atomic mass is 10.00. The van der Waals surface area contributed by atoms with E-state index in [9.17, 15) is 0 Å². The van der Waals surface area contributed by atoms with Crippen LogP contribution in [0, 0.1) is 18.3 Å². The Balaban J connectivity index is 1.74. The van der Waals surface area contributed by atoms with Gasteiger partial charge in [-0.1, -0.05) is 17.7 Å². The molecule has 4 aromatic rings. The molecule has 2 N–H and O–H groups in total. The summed E-state index contributed by atoms with van der Waals surface area (Å²) in [4.78, 5) is 8.66. The Bertz CT molecular complexity index is 1210. The molecule has 6 nitrogen and oxygen atoms in total. The molecule has 0 unspecified atom stereocenters. The molecule has 138 valence electrons. The first-order valence-electron chi connectivity index (χ1n) is 8.76. The van der Waals surface area contributed by atoms with Gasteiger partial charge in [-0.15, -0.1) is 0 Å². The average molecular weight is 389 g/mol. The number of aromatic nitrogens is 4. The minimum atomic E-state index is -0.351. The summed E-state index contributed by atoms with van der Waals surface area (Å²) < 4.78 is 1.84. The maximum Gasteiger partial charge on any atom is 0.140 e. The van der Waals surface area contributed by atoms with Crippen LogP contribution in [0.1, 0.15) is 28.6 Å². The third-order valence-electron chi connectivity index (χ3n) is 4.72.